The molecule has 0 saturated heterocycles. The molecule has 3 nitrogen and oxygen atoms in total. The van der Waals surface area contributed by atoms with Crippen LogP contribution in [0.2, 0.25) is 0 Å². The summed E-state index contributed by atoms with van der Waals surface area (Å²) in [6.07, 6.45) is 6.30. The third kappa shape index (κ3) is 4.29. The van der Waals surface area contributed by atoms with Crippen LogP contribution in [-0.2, 0) is 6.54 Å². The van der Waals surface area contributed by atoms with Crippen molar-refractivity contribution < 1.29 is 5.11 Å². The van der Waals surface area contributed by atoms with Gasteiger partial charge in [0.2, 0.25) is 0 Å². The summed E-state index contributed by atoms with van der Waals surface area (Å²) in [6, 6.07) is 6.03. The van der Waals surface area contributed by atoms with Gasteiger partial charge in [-0.2, -0.15) is 0 Å². The summed E-state index contributed by atoms with van der Waals surface area (Å²) in [5.41, 5.74) is 1.10. The molecule has 1 N–H and O–H groups in total. The van der Waals surface area contributed by atoms with Crippen LogP contribution >= 0.6 is 0 Å². The van der Waals surface area contributed by atoms with E-state index >= 15 is 0 Å². The van der Waals surface area contributed by atoms with Crippen LogP contribution in [0.1, 0.15) is 38.3 Å². The van der Waals surface area contributed by atoms with Crippen molar-refractivity contribution in [1.82, 2.24) is 9.88 Å². The van der Waals surface area contributed by atoms with Gasteiger partial charge in [0.05, 0.1) is 11.8 Å². The number of hydrogen-bond donors (Lipinski definition) is 1. The van der Waals surface area contributed by atoms with Gasteiger partial charge in [0.1, 0.15) is 0 Å². The molecule has 1 heterocycles. The van der Waals surface area contributed by atoms with Crippen LogP contribution in [0.15, 0.2) is 24.4 Å². The number of nitrogens with zero attached hydrogens (tertiary/aromatic N) is 2. The first-order valence-corrected chi connectivity index (χ1v) is 7.45. The number of hydrogen-bond acceptors (Lipinski definition) is 3. The van der Waals surface area contributed by atoms with Crippen molar-refractivity contribution in [2.24, 2.45) is 11.8 Å². The highest BCUT2D eigenvalue weighted by Crippen LogP contribution is 2.31. The quantitative estimate of drug-likeness (QED) is 0.886. The highest BCUT2D eigenvalue weighted by molar-refractivity contribution is 5.03. The first kappa shape index (κ1) is 14.5. The van der Waals surface area contributed by atoms with Gasteiger partial charge in [-0.3, -0.25) is 4.98 Å². The van der Waals surface area contributed by atoms with Gasteiger partial charge in [-0.15, -0.1) is 0 Å². The SMILES string of the molecule is CCC1CCC(O)C(CN(C)Cc2ccccn2)C1. The number of pyridine rings is 1. The van der Waals surface area contributed by atoms with Crippen molar-refractivity contribution in [3.05, 3.63) is 30.1 Å². The van der Waals surface area contributed by atoms with Crippen molar-refractivity contribution in [2.75, 3.05) is 13.6 Å². The van der Waals surface area contributed by atoms with Crippen LogP contribution in [0.3, 0.4) is 0 Å². The standard InChI is InChI=1S/C16H26N2O/c1-3-13-7-8-16(19)14(10-13)11-18(2)12-15-6-4-5-9-17-15/h4-6,9,13-14,16,19H,3,7-8,10-12H2,1-2H3. The fourth-order valence-corrected chi connectivity index (χ4v) is 3.15. The molecule has 3 unspecified atom stereocenters. The van der Waals surface area contributed by atoms with E-state index in [-0.39, 0.29) is 6.10 Å². The Balaban J connectivity index is 1.85. The average molecular weight is 262 g/mol. The molecule has 2 rings (SSSR count). The van der Waals surface area contributed by atoms with E-state index in [4.69, 9.17) is 0 Å². The molecule has 1 aromatic rings. The summed E-state index contributed by atoms with van der Waals surface area (Å²) in [5.74, 6) is 1.23. The van der Waals surface area contributed by atoms with Crippen molar-refractivity contribution in [2.45, 2.75) is 45.3 Å². The molecule has 0 amide bonds. The topological polar surface area (TPSA) is 36.4 Å². The smallest absolute Gasteiger partial charge is 0.0580 e. The zero-order valence-electron chi connectivity index (χ0n) is 12.1. The Morgan fingerprint density at radius 3 is 2.89 bits per heavy atom. The van der Waals surface area contributed by atoms with Crippen LogP contribution in [-0.4, -0.2) is 34.7 Å². The van der Waals surface area contributed by atoms with E-state index in [1.54, 1.807) is 0 Å². The predicted molar refractivity (Wildman–Crippen MR) is 77.7 cm³/mol. The van der Waals surface area contributed by atoms with Crippen LogP contribution in [0.4, 0.5) is 0 Å². The van der Waals surface area contributed by atoms with Gasteiger partial charge in [-0.25, -0.2) is 0 Å². The van der Waals surface area contributed by atoms with E-state index in [2.05, 4.69) is 29.9 Å². The Morgan fingerprint density at radius 2 is 2.21 bits per heavy atom. The summed E-state index contributed by atoms with van der Waals surface area (Å²) in [7, 11) is 2.12. The number of aliphatic hydroxyl groups excluding tert-OH is 1. The highest BCUT2D eigenvalue weighted by Gasteiger charge is 2.29. The monoisotopic (exact) mass is 262 g/mol. The minimum absolute atomic E-state index is 0.117. The number of aliphatic hydroxyl groups is 1. The molecular formula is C16H26N2O. The zero-order chi connectivity index (χ0) is 13.7. The van der Waals surface area contributed by atoms with E-state index in [0.717, 1.165) is 31.1 Å². The Kier molecular flexibility index (Phi) is 5.34. The van der Waals surface area contributed by atoms with Crippen LogP contribution in [0, 0.1) is 11.8 Å². The lowest BCUT2D eigenvalue weighted by molar-refractivity contribution is 0.0296. The molecule has 0 bridgehead atoms. The molecule has 1 fully saturated rings. The highest BCUT2D eigenvalue weighted by atomic mass is 16.3. The minimum Gasteiger partial charge on any atom is -0.393 e. The second kappa shape index (κ2) is 7.01. The van der Waals surface area contributed by atoms with Gasteiger partial charge < -0.3 is 10.0 Å². The molecule has 0 aliphatic heterocycles. The lowest BCUT2D eigenvalue weighted by atomic mass is 9.78. The molecule has 1 saturated carbocycles. The second-order valence-electron chi connectivity index (χ2n) is 5.93. The van der Waals surface area contributed by atoms with Crippen LogP contribution < -0.4 is 0 Å². The Hall–Kier alpha value is -0.930. The molecule has 1 aromatic heterocycles. The number of rotatable bonds is 5. The first-order valence-electron chi connectivity index (χ1n) is 7.45. The molecular weight excluding hydrogens is 236 g/mol. The van der Waals surface area contributed by atoms with Gasteiger partial charge in [0, 0.05) is 19.3 Å². The maximum Gasteiger partial charge on any atom is 0.0580 e. The van der Waals surface area contributed by atoms with Crippen molar-refractivity contribution in [3.8, 4) is 0 Å². The summed E-state index contributed by atoms with van der Waals surface area (Å²) >= 11 is 0. The summed E-state index contributed by atoms with van der Waals surface area (Å²) in [5, 5.41) is 10.2. The maximum absolute atomic E-state index is 10.2. The lowest BCUT2D eigenvalue weighted by Crippen LogP contribution is -2.37. The Labute approximate surface area is 116 Å². The van der Waals surface area contributed by atoms with Crippen molar-refractivity contribution in [3.63, 3.8) is 0 Å². The molecule has 1 aliphatic carbocycles. The van der Waals surface area contributed by atoms with E-state index in [9.17, 15) is 5.11 Å². The molecule has 0 aromatic carbocycles. The minimum atomic E-state index is -0.117. The molecule has 1 aliphatic rings. The zero-order valence-corrected chi connectivity index (χ0v) is 12.1. The molecule has 3 heteroatoms. The maximum atomic E-state index is 10.2. The molecule has 3 atom stereocenters. The van der Waals surface area contributed by atoms with E-state index < -0.39 is 0 Å². The van der Waals surface area contributed by atoms with E-state index in [1.165, 1.54) is 19.3 Å². The Bertz CT molecular complexity index is 368. The molecule has 19 heavy (non-hydrogen) atoms. The van der Waals surface area contributed by atoms with Crippen LogP contribution in [0.5, 0.6) is 0 Å². The number of aromatic nitrogens is 1. The van der Waals surface area contributed by atoms with Gasteiger partial charge >= 0.3 is 0 Å². The predicted octanol–water partition coefficient (Wildman–Crippen LogP) is 2.70. The largest absolute Gasteiger partial charge is 0.393 e. The lowest BCUT2D eigenvalue weighted by Gasteiger charge is -2.35. The fraction of sp³-hybridized carbons (Fsp3) is 0.688. The van der Waals surface area contributed by atoms with Gasteiger partial charge in [-0.1, -0.05) is 19.4 Å². The second-order valence-corrected chi connectivity index (χ2v) is 5.93. The van der Waals surface area contributed by atoms with Gasteiger partial charge in [-0.05, 0) is 50.3 Å². The molecule has 106 valence electrons. The van der Waals surface area contributed by atoms with E-state index in [0.29, 0.717) is 5.92 Å². The van der Waals surface area contributed by atoms with Crippen LogP contribution in [0.25, 0.3) is 0 Å². The fourth-order valence-electron chi connectivity index (χ4n) is 3.15. The normalized spacial score (nSPS) is 27.7. The van der Waals surface area contributed by atoms with Gasteiger partial charge in [0.15, 0.2) is 0 Å². The van der Waals surface area contributed by atoms with Gasteiger partial charge in [0.25, 0.3) is 0 Å². The summed E-state index contributed by atoms with van der Waals surface area (Å²) in [4.78, 5) is 6.64. The van der Waals surface area contributed by atoms with Crippen molar-refractivity contribution >= 4 is 0 Å². The van der Waals surface area contributed by atoms with Crippen molar-refractivity contribution in [1.29, 1.82) is 0 Å². The average Bonchev–Trinajstić information content (AvgIpc) is 2.42. The summed E-state index contributed by atoms with van der Waals surface area (Å²) < 4.78 is 0. The first-order chi connectivity index (χ1) is 9.19. The third-order valence-electron chi connectivity index (χ3n) is 4.33. The Morgan fingerprint density at radius 1 is 1.37 bits per heavy atom. The molecule has 0 radical (unpaired) electrons. The third-order valence-corrected chi connectivity index (χ3v) is 4.33. The van der Waals surface area contributed by atoms with E-state index in [1.807, 2.05) is 18.3 Å². The molecule has 0 spiro atoms. The summed E-state index contributed by atoms with van der Waals surface area (Å²) in [6.45, 7) is 4.09.